The molecule has 2 N–H and O–H groups in total. The first kappa shape index (κ1) is 22.4. The van der Waals surface area contributed by atoms with Gasteiger partial charge in [0.05, 0.1) is 6.42 Å². The summed E-state index contributed by atoms with van der Waals surface area (Å²) in [6.45, 7) is -0.382. The number of amides is 1. The Bertz CT molecular complexity index is 1060. The number of nitrogens with zero attached hydrogens (tertiary/aromatic N) is 5. The topological polar surface area (TPSA) is 140 Å². The van der Waals surface area contributed by atoms with Gasteiger partial charge in [-0.15, -0.1) is 5.10 Å². The van der Waals surface area contributed by atoms with Gasteiger partial charge in [-0.3, -0.25) is 9.59 Å². The zero-order valence-electron chi connectivity index (χ0n) is 17.3. The Morgan fingerprint density at radius 3 is 2.41 bits per heavy atom. The Balaban J connectivity index is 1.60. The number of nitrogens with one attached hydrogen (secondary N) is 1. The van der Waals surface area contributed by atoms with Crippen LogP contribution in [-0.4, -0.2) is 56.2 Å². The molecule has 0 spiro atoms. The Morgan fingerprint density at radius 2 is 1.75 bits per heavy atom. The minimum Gasteiger partial charge on any atom is -0.481 e. The predicted octanol–water partition coefficient (Wildman–Crippen LogP) is 1.78. The van der Waals surface area contributed by atoms with Gasteiger partial charge in [-0.2, -0.15) is 4.80 Å². The van der Waals surface area contributed by atoms with E-state index in [0.29, 0.717) is 0 Å². The van der Waals surface area contributed by atoms with Gasteiger partial charge in [0.15, 0.2) is 5.78 Å². The van der Waals surface area contributed by atoms with Crippen LogP contribution in [0.15, 0.2) is 60.7 Å². The average molecular weight is 438 g/mol. The first-order chi connectivity index (χ1) is 15.4. The van der Waals surface area contributed by atoms with E-state index in [1.807, 2.05) is 36.4 Å². The summed E-state index contributed by atoms with van der Waals surface area (Å²) in [5.41, 5.74) is 1.58. The second kappa shape index (κ2) is 10.7. The van der Waals surface area contributed by atoms with Crippen molar-refractivity contribution >= 4 is 29.5 Å². The Morgan fingerprint density at radius 1 is 1.09 bits per heavy atom. The summed E-state index contributed by atoms with van der Waals surface area (Å²) in [7, 11) is 1.75. The minimum atomic E-state index is -1.31. The van der Waals surface area contributed by atoms with Gasteiger partial charge < -0.3 is 20.1 Å². The van der Waals surface area contributed by atoms with Crippen LogP contribution in [0.5, 0.6) is 0 Å². The molecule has 32 heavy (non-hydrogen) atoms. The number of carbonyl (C=O) groups excluding carboxylic acids is 2. The molecule has 1 atom stereocenters. The predicted molar refractivity (Wildman–Crippen MR) is 113 cm³/mol. The average Bonchev–Trinajstić information content (AvgIpc) is 3.26. The van der Waals surface area contributed by atoms with Crippen LogP contribution in [0.3, 0.4) is 0 Å². The summed E-state index contributed by atoms with van der Waals surface area (Å²) in [6.07, 6.45) is -1.51. The molecule has 3 rings (SSSR count). The number of aromatic nitrogens is 4. The number of carbonyl (C=O) groups is 3. The molecule has 1 amide bonds. The highest BCUT2D eigenvalue weighted by atomic mass is 16.5. The first-order valence-electron chi connectivity index (χ1n) is 9.70. The lowest BCUT2D eigenvalue weighted by atomic mass is 10.1. The van der Waals surface area contributed by atoms with Crippen LogP contribution < -0.4 is 10.2 Å². The number of carboxylic acids is 1. The lowest BCUT2D eigenvalue weighted by Gasteiger charge is -2.16. The molecule has 0 saturated heterocycles. The molecule has 0 aliphatic heterocycles. The molecule has 3 aromatic rings. The number of ether oxygens (including phenoxy) is 1. The van der Waals surface area contributed by atoms with Crippen molar-refractivity contribution in [2.45, 2.75) is 25.6 Å². The smallest absolute Gasteiger partial charge is 0.408 e. The maximum Gasteiger partial charge on any atom is 0.408 e. The molecule has 0 aliphatic carbocycles. The minimum absolute atomic E-state index is 0.0134. The highest BCUT2D eigenvalue weighted by Crippen LogP contribution is 2.18. The summed E-state index contributed by atoms with van der Waals surface area (Å²) >= 11 is 0. The van der Waals surface area contributed by atoms with E-state index in [4.69, 9.17) is 9.84 Å². The number of hydrogen-bond acceptors (Lipinski definition) is 8. The highest BCUT2D eigenvalue weighted by molar-refractivity contribution is 5.90. The first-order valence-corrected chi connectivity index (χ1v) is 9.70. The van der Waals surface area contributed by atoms with Crippen molar-refractivity contribution in [3.63, 3.8) is 0 Å². The lowest BCUT2D eigenvalue weighted by Crippen LogP contribution is -2.44. The Labute approximate surface area is 183 Å². The molecule has 0 bridgehead atoms. The largest absolute Gasteiger partial charge is 0.481 e. The van der Waals surface area contributed by atoms with Gasteiger partial charge in [-0.1, -0.05) is 53.6 Å². The van der Waals surface area contributed by atoms with E-state index >= 15 is 0 Å². The van der Waals surface area contributed by atoms with Gasteiger partial charge in [0.1, 0.15) is 19.2 Å². The number of para-hydroxylation sites is 1. The number of aliphatic carboxylic acids is 1. The second-order valence-corrected chi connectivity index (χ2v) is 6.84. The molecular formula is C21H22N6O5. The highest BCUT2D eigenvalue weighted by Gasteiger charge is 2.25. The van der Waals surface area contributed by atoms with E-state index in [9.17, 15) is 14.4 Å². The molecule has 2 aromatic carbocycles. The molecule has 1 aromatic heterocycles. The van der Waals surface area contributed by atoms with Gasteiger partial charge in [-0.05, 0) is 22.9 Å². The number of ketones is 1. The van der Waals surface area contributed by atoms with Crippen molar-refractivity contribution in [1.29, 1.82) is 0 Å². The van der Waals surface area contributed by atoms with Crippen LogP contribution in [0, 0.1) is 0 Å². The van der Waals surface area contributed by atoms with Crippen molar-refractivity contribution in [3.8, 4) is 0 Å². The maximum absolute atomic E-state index is 12.6. The van der Waals surface area contributed by atoms with E-state index in [-0.39, 0.29) is 19.1 Å². The number of anilines is 2. The van der Waals surface area contributed by atoms with Crippen molar-refractivity contribution in [1.82, 2.24) is 25.5 Å². The van der Waals surface area contributed by atoms with E-state index in [1.165, 1.54) is 0 Å². The SMILES string of the molecule is CN(c1ccccc1)c1nnn(CC(=O)C(CC(=O)O)NC(=O)OCc2ccccc2)n1. The molecule has 0 fully saturated rings. The third-order valence-electron chi connectivity index (χ3n) is 4.46. The molecular weight excluding hydrogens is 416 g/mol. The molecule has 0 saturated carbocycles. The van der Waals surface area contributed by atoms with Gasteiger partial charge in [0, 0.05) is 12.7 Å². The number of benzene rings is 2. The van der Waals surface area contributed by atoms with Gasteiger partial charge >= 0.3 is 12.1 Å². The van der Waals surface area contributed by atoms with Crippen LogP contribution in [0.1, 0.15) is 12.0 Å². The third kappa shape index (κ3) is 6.36. The van der Waals surface area contributed by atoms with Gasteiger partial charge in [0.25, 0.3) is 5.95 Å². The van der Waals surface area contributed by atoms with Crippen LogP contribution >= 0.6 is 0 Å². The quantitative estimate of drug-likeness (QED) is 0.485. The molecule has 0 radical (unpaired) electrons. The summed E-state index contributed by atoms with van der Waals surface area (Å²) in [5, 5.41) is 23.3. The van der Waals surface area contributed by atoms with Crippen LogP contribution in [0.2, 0.25) is 0 Å². The van der Waals surface area contributed by atoms with E-state index in [2.05, 4.69) is 20.7 Å². The van der Waals surface area contributed by atoms with Crippen LogP contribution in [0.25, 0.3) is 0 Å². The van der Waals surface area contributed by atoms with Crippen molar-refractivity contribution < 1.29 is 24.2 Å². The summed E-state index contributed by atoms with van der Waals surface area (Å²) in [6, 6.07) is 17.0. The molecule has 166 valence electrons. The molecule has 1 unspecified atom stereocenters. The van der Waals surface area contributed by atoms with Gasteiger partial charge in [-0.25, -0.2) is 4.79 Å². The number of carboxylic acid groups (broad SMARTS) is 1. The summed E-state index contributed by atoms with van der Waals surface area (Å²) in [5.74, 6) is -1.59. The number of hydrogen-bond donors (Lipinski definition) is 2. The zero-order chi connectivity index (χ0) is 22.9. The van der Waals surface area contributed by atoms with E-state index in [1.54, 1.807) is 36.2 Å². The summed E-state index contributed by atoms with van der Waals surface area (Å²) < 4.78 is 5.07. The molecule has 11 nitrogen and oxygen atoms in total. The molecule has 1 heterocycles. The fourth-order valence-electron chi connectivity index (χ4n) is 2.78. The zero-order valence-corrected chi connectivity index (χ0v) is 17.3. The number of Topliss-reactive ketones (excluding diaryl/α,β-unsaturated/α-hetero) is 1. The third-order valence-corrected chi connectivity index (χ3v) is 4.46. The molecule has 11 heteroatoms. The van der Waals surface area contributed by atoms with Crippen molar-refractivity contribution in [2.24, 2.45) is 0 Å². The fraction of sp³-hybridized carbons (Fsp3) is 0.238. The lowest BCUT2D eigenvalue weighted by molar-refractivity contribution is -0.139. The van der Waals surface area contributed by atoms with Crippen LogP contribution in [-0.2, 0) is 27.5 Å². The summed E-state index contributed by atoms with van der Waals surface area (Å²) in [4.78, 5) is 38.6. The number of tetrazole rings is 1. The van der Waals surface area contributed by atoms with E-state index in [0.717, 1.165) is 16.0 Å². The second-order valence-electron chi connectivity index (χ2n) is 6.84. The standard InChI is InChI=1S/C21H22N6O5/c1-26(16-10-6-3-7-11-16)20-23-25-27(24-20)13-18(28)17(12-19(29)30)22-21(31)32-14-15-8-4-2-5-9-15/h2-11,17H,12-14H2,1H3,(H,22,31)(H,29,30). The van der Waals surface area contributed by atoms with Crippen molar-refractivity contribution in [2.75, 3.05) is 11.9 Å². The Kier molecular flexibility index (Phi) is 7.46. The Hall–Kier alpha value is -4.28. The maximum atomic E-state index is 12.6. The monoisotopic (exact) mass is 438 g/mol. The number of rotatable bonds is 10. The van der Waals surface area contributed by atoms with Crippen LogP contribution in [0.4, 0.5) is 16.4 Å². The normalized spacial score (nSPS) is 11.4. The van der Waals surface area contributed by atoms with Gasteiger partial charge in [0.2, 0.25) is 0 Å². The fourth-order valence-corrected chi connectivity index (χ4v) is 2.78. The van der Waals surface area contributed by atoms with E-state index < -0.39 is 30.3 Å². The van der Waals surface area contributed by atoms with Crippen molar-refractivity contribution in [3.05, 3.63) is 66.2 Å². The molecule has 0 aliphatic rings. The number of alkyl carbamates (subject to hydrolysis) is 1.